The summed E-state index contributed by atoms with van der Waals surface area (Å²) < 4.78 is 65.9. The second-order valence-corrected chi connectivity index (χ2v) is 10.8. The number of alkyl halides is 3. The van der Waals surface area contributed by atoms with Crippen LogP contribution in [0.4, 0.5) is 13.2 Å². The number of hydrogen-bond acceptors (Lipinski definition) is 8. The Morgan fingerprint density at radius 1 is 0.783 bits per heavy atom. The summed E-state index contributed by atoms with van der Waals surface area (Å²) in [5.74, 6) is 0. The van der Waals surface area contributed by atoms with E-state index in [4.69, 9.17) is 24.6 Å². The second kappa shape index (κ2) is 15.2. The van der Waals surface area contributed by atoms with E-state index < -0.39 is 22.3 Å². The van der Waals surface area contributed by atoms with Crippen molar-refractivity contribution in [3.63, 3.8) is 0 Å². The Kier molecular flexibility index (Phi) is 12.1. The molecule has 0 atom stereocenters. The summed E-state index contributed by atoms with van der Waals surface area (Å²) in [5, 5.41) is 21.6. The molecule has 0 amide bonds. The molecule has 7 aromatic rings. The van der Waals surface area contributed by atoms with Crippen LogP contribution in [0.2, 0.25) is 5.02 Å². The van der Waals surface area contributed by atoms with E-state index in [-0.39, 0.29) is 37.4 Å². The monoisotopic (exact) mass is 825 g/mol. The number of rotatable bonds is 4. The maximum absolute atomic E-state index is 10.7. The van der Waals surface area contributed by atoms with Gasteiger partial charge in [0.05, 0.1) is 11.2 Å². The Labute approximate surface area is 289 Å². The van der Waals surface area contributed by atoms with Crippen molar-refractivity contribution in [2.75, 3.05) is 0 Å². The Balaban J connectivity index is 0.000000207. The number of fused-ring (bicyclic) bond motifs is 3. The maximum atomic E-state index is 10.7. The van der Waals surface area contributed by atoms with Gasteiger partial charge in [-0.2, -0.15) is 13.2 Å². The summed E-state index contributed by atoms with van der Waals surface area (Å²) in [6, 6.07) is 23.0. The van der Waals surface area contributed by atoms with Crippen molar-refractivity contribution < 1.29 is 63.5 Å². The number of halogens is 5. The van der Waals surface area contributed by atoms with Gasteiger partial charge in [-0.3, -0.25) is 0 Å². The van der Waals surface area contributed by atoms with Crippen LogP contribution in [-0.2, 0) is 30.5 Å². The molecule has 244 valence electrons. The quantitative estimate of drug-likeness (QED) is 0.0851. The normalized spacial score (nSPS) is 11.4. The Morgan fingerprint density at radius 3 is 1.76 bits per heavy atom. The molecule has 0 N–H and O–H groups in total. The molecular weight excluding hydrogens is 808 g/mol. The SMILES string of the molecule is Clc1cnn([B-](n2cccn2)(n2cccn2)n2cccn2)c1.O=S(=O)([O-])C(F)(F)F.[Br-].[Pd].[c-]1cccc2ccc3cccnc3c12. The molecule has 5 heterocycles. The Bertz CT molecular complexity index is 1950. The minimum absolute atomic E-state index is 0. The van der Waals surface area contributed by atoms with Gasteiger partial charge in [0.15, 0.2) is 10.1 Å². The summed E-state index contributed by atoms with van der Waals surface area (Å²) in [5.41, 5.74) is -4.61. The second-order valence-electron chi connectivity index (χ2n) is 8.96. The van der Waals surface area contributed by atoms with E-state index in [1.54, 1.807) is 49.4 Å². The van der Waals surface area contributed by atoms with Crippen LogP contribution >= 0.6 is 11.6 Å². The molecule has 0 aliphatic carbocycles. The average molecular weight is 827 g/mol. The zero-order valence-electron chi connectivity index (χ0n) is 22.9. The fourth-order valence-electron chi connectivity index (χ4n) is 4.42. The Hall–Kier alpha value is -3.85. The van der Waals surface area contributed by atoms with Gasteiger partial charge in [-0.1, -0.05) is 29.8 Å². The first kappa shape index (κ1) is 36.6. The molecule has 0 radical (unpaired) electrons. The van der Waals surface area contributed by atoms with Crippen molar-refractivity contribution in [1.29, 1.82) is 0 Å². The third kappa shape index (κ3) is 7.57. The van der Waals surface area contributed by atoms with Gasteiger partial charge in [-0.25, -0.2) is 28.8 Å². The first-order valence-electron chi connectivity index (χ1n) is 12.5. The van der Waals surface area contributed by atoms with E-state index in [1.165, 1.54) is 10.8 Å². The molecule has 0 spiro atoms. The third-order valence-corrected chi connectivity index (χ3v) is 7.02. The molecule has 0 bridgehead atoms. The van der Waals surface area contributed by atoms with Gasteiger partial charge >= 0.3 is 12.2 Å². The first-order valence-corrected chi connectivity index (χ1v) is 14.3. The predicted octanol–water partition coefficient (Wildman–Crippen LogP) is 1.30. The zero-order chi connectivity index (χ0) is 31.4. The molecule has 0 aliphatic heterocycles. The van der Waals surface area contributed by atoms with E-state index in [0.29, 0.717) is 5.02 Å². The Morgan fingerprint density at radius 2 is 1.30 bits per heavy atom. The largest absolute Gasteiger partial charge is 1.00 e. The summed E-state index contributed by atoms with van der Waals surface area (Å²) in [6.07, 6.45) is 15.8. The molecule has 0 aliphatic rings. The van der Waals surface area contributed by atoms with E-state index in [0.717, 1.165) is 10.9 Å². The molecule has 0 saturated carbocycles. The van der Waals surface area contributed by atoms with Crippen LogP contribution in [0.25, 0.3) is 21.7 Å². The number of hydrogen-bond donors (Lipinski definition) is 0. The van der Waals surface area contributed by atoms with Crippen LogP contribution in [0.3, 0.4) is 0 Å². The van der Waals surface area contributed by atoms with Crippen LogP contribution < -0.4 is 17.0 Å². The maximum Gasteiger partial charge on any atom is 0.485 e. The smallest absolute Gasteiger partial charge is 0.485 e. The van der Waals surface area contributed by atoms with Gasteiger partial charge in [0.1, 0.15) is 0 Å². The van der Waals surface area contributed by atoms with Gasteiger partial charge < -0.3 is 44.9 Å². The molecule has 0 fully saturated rings. The minimum atomic E-state index is -6.09. The van der Waals surface area contributed by atoms with E-state index >= 15 is 0 Å². The summed E-state index contributed by atoms with van der Waals surface area (Å²) in [6.45, 7) is -1.94. The number of benzene rings is 2. The molecule has 0 saturated heterocycles. The average Bonchev–Trinajstić information content (AvgIpc) is 3.83. The van der Waals surface area contributed by atoms with Gasteiger partial charge in [0.25, 0.3) is 0 Å². The van der Waals surface area contributed by atoms with Gasteiger partial charge in [-0.15, -0.1) is 35.0 Å². The van der Waals surface area contributed by atoms with Crippen molar-refractivity contribution in [2.24, 2.45) is 0 Å². The predicted molar refractivity (Wildman–Crippen MR) is 155 cm³/mol. The number of pyridine rings is 1. The van der Waals surface area contributed by atoms with Crippen molar-refractivity contribution in [3.8, 4) is 0 Å². The number of aromatic nitrogens is 9. The molecule has 0 unspecified atom stereocenters. The third-order valence-electron chi connectivity index (χ3n) is 6.25. The van der Waals surface area contributed by atoms with Crippen LogP contribution in [0.1, 0.15) is 0 Å². The number of nitrogens with zero attached hydrogens (tertiary/aromatic N) is 9. The van der Waals surface area contributed by atoms with E-state index in [1.807, 2.05) is 61.2 Å². The molecule has 12 nitrogen and oxygen atoms in total. The molecule has 7 rings (SSSR count). The summed E-state index contributed by atoms with van der Waals surface area (Å²) in [4.78, 5) is 4.38. The summed E-state index contributed by atoms with van der Waals surface area (Å²) in [7, 11) is -6.09. The fourth-order valence-corrected chi connectivity index (χ4v) is 4.57. The molecule has 20 heteroatoms. The van der Waals surface area contributed by atoms with Crippen LogP contribution in [0.15, 0.2) is 116 Å². The van der Waals surface area contributed by atoms with E-state index in [9.17, 15) is 13.2 Å². The van der Waals surface area contributed by atoms with Gasteiger partial charge in [0, 0.05) is 51.4 Å². The van der Waals surface area contributed by atoms with Gasteiger partial charge in [0.2, 0.25) is 0 Å². The standard InChI is InChI=1S/C13H8N.C12H11BClN8.CHF3O3S.BrH.Pd/c1-2-6-12-10(4-1)7-8-11-5-3-9-14-13(11)12;14-12-10-18-22(11-12)13(19-7-1-4-15-19,20-8-2-5-16-20)21-9-3-6-17-21;2-1(3,4)8(5,6)7;;/h1-5,7-9H;1-11H;(H,5,6,7);1H;/q2*-1;;;/p-2. The summed E-state index contributed by atoms with van der Waals surface area (Å²) >= 11 is 6.09. The topological polar surface area (TPSA) is 141 Å². The van der Waals surface area contributed by atoms with Gasteiger partial charge in [-0.05, 0) is 53.8 Å². The first-order chi connectivity index (χ1) is 21.0. The van der Waals surface area contributed by atoms with Crippen molar-refractivity contribution >= 4 is 50.1 Å². The minimum Gasteiger partial charge on any atom is -1.00 e. The van der Waals surface area contributed by atoms with Crippen LogP contribution in [0, 0.1) is 6.07 Å². The fraction of sp³-hybridized carbons (Fsp3) is 0.0385. The van der Waals surface area contributed by atoms with Crippen molar-refractivity contribution in [2.45, 2.75) is 5.51 Å². The van der Waals surface area contributed by atoms with Crippen molar-refractivity contribution in [1.82, 2.24) is 43.7 Å². The zero-order valence-corrected chi connectivity index (χ0v) is 27.6. The molecule has 46 heavy (non-hydrogen) atoms. The molecular formula is C26H19BBrClF3N9O3PdS-4. The van der Waals surface area contributed by atoms with Crippen LogP contribution in [-0.4, -0.2) is 68.9 Å². The van der Waals surface area contributed by atoms with Crippen molar-refractivity contribution in [3.05, 3.63) is 128 Å². The van der Waals surface area contributed by atoms with E-state index in [2.05, 4.69) is 55.7 Å². The molecule has 5 aromatic heterocycles. The van der Waals surface area contributed by atoms with Crippen LogP contribution in [0.5, 0.6) is 0 Å². The molecule has 2 aromatic carbocycles.